The molecule has 0 bridgehead atoms. The van der Waals surface area contributed by atoms with Gasteiger partial charge < -0.3 is 0 Å². The topological polar surface area (TPSA) is 119 Å². The molecule has 8 nitrogen and oxygen atoms in total. The van der Waals surface area contributed by atoms with Crippen LogP contribution in [-0.4, -0.2) is 8.75 Å². The Morgan fingerprint density at radius 1 is 0.513 bits per heavy atom. The van der Waals surface area contributed by atoms with Crippen LogP contribution in [0.2, 0.25) is 0 Å². The van der Waals surface area contributed by atoms with Gasteiger partial charge in [-0.25, -0.2) is 9.98 Å². The van der Waals surface area contributed by atoms with Crippen LogP contribution in [0.25, 0.3) is 52.8 Å². The van der Waals surface area contributed by atoms with E-state index in [0.717, 1.165) is 31.9 Å². The van der Waals surface area contributed by atoms with Crippen molar-refractivity contribution < 1.29 is 0 Å². The molecule has 8 aromatic rings. The van der Waals surface area contributed by atoms with E-state index in [4.69, 9.17) is 0 Å². The second-order valence-electron chi connectivity index (χ2n) is 8.94. The zero-order chi connectivity index (χ0) is 26.4. The third-order valence-electron chi connectivity index (χ3n) is 6.78. The molecule has 5 aromatic carbocycles. The average molecular weight is 563 g/mol. The van der Waals surface area contributed by atoms with Crippen molar-refractivity contribution >= 4 is 97.2 Å². The molecular weight excluding hydrogens is 553 g/mol. The smallest absolute Gasteiger partial charge is 0.216 e. The molecule has 0 radical (unpaired) electrons. The van der Waals surface area contributed by atoms with E-state index in [1.54, 1.807) is 48.5 Å². The molecule has 8 rings (SSSR count). The SMILES string of the molecule is O=c1c(=Nc2cc3c4nsnc4c4cc(N=c5c(=O)c6ccccc6c5=O)sc4c3s2)c(=O)c2ccccc12. The van der Waals surface area contributed by atoms with Crippen molar-refractivity contribution in [3.63, 3.8) is 0 Å². The monoisotopic (exact) mass is 562 g/mol. The highest BCUT2D eigenvalue weighted by Gasteiger charge is 2.19. The summed E-state index contributed by atoms with van der Waals surface area (Å²) in [5.74, 6) is 0. The summed E-state index contributed by atoms with van der Waals surface area (Å²) in [6.07, 6.45) is 0. The predicted molar refractivity (Wildman–Crippen MR) is 156 cm³/mol. The summed E-state index contributed by atoms with van der Waals surface area (Å²) in [5, 5.41) is 3.80. The van der Waals surface area contributed by atoms with Crippen LogP contribution >= 0.6 is 34.4 Å². The van der Waals surface area contributed by atoms with Gasteiger partial charge in [0.2, 0.25) is 21.7 Å². The predicted octanol–water partition coefficient (Wildman–Crippen LogP) is 4.08. The molecule has 0 aliphatic rings. The fraction of sp³-hybridized carbons (Fsp3) is 0. The minimum absolute atomic E-state index is 0.109. The highest BCUT2D eigenvalue weighted by molar-refractivity contribution is 7.30. The Morgan fingerprint density at radius 2 is 0.872 bits per heavy atom. The number of aromatic nitrogens is 2. The molecule has 184 valence electrons. The highest BCUT2D eigenvalue weighted by atomic mass is 32.1. The van der Waals surface area contributed by atoms with Crippen LogP contribution < -0.4 is 32.4 Å². The number of thiophene rings is 2. The lowest BCUT2D eigenvalue weighted by molar-refractivity contribution is 1.34. The molecule has 0 fully saturated rings. The molecule has 3 aromatic heterocycles. The number of rotatable bonds is 2. The van der Waals surface area contributed by atoms with Crippen LogP contribution in [-0.2, 0) is 0 Å². The van der Waals surface area contributed by atoms with Crippen molar-refractivity contribution in [2.75, 3.05) is 0 Å². The van der Waals surface area contributed by atoms with E-state index in [1.165, 1.54) is 22.7 Å². The molecule has 0 aliphatic heterocycles. The highest BCUT2D eigenvalue weighted by Crippen LogP contribution is 2.46. The Balaban J connectivity index is 1.41. The Morgan fingerprint density at radius 3 is 1.23 bits per heavy atom. The molecule has 39 heavy (non-hydrogen) atoms. The van der Waals surface area contributed by atoms with Crippen molar-refractivity contribution in [3.8, 4) is 0 Å². The number of hydrogen-bond acceptors (Lipinski definition) is 11. The van der Waals surface area contributed by atoms with E-state index in [1.807, 2.05) is 12.1 Å². The van der Waals surface area contributed by atoms with Gasteiger partial charge in [-0.3, -0.25) is 19.2 Å². The standard InChI is InChI=1S/C28H10N4O4S3/c33-23-11-5-1-2-6-12(11)24(34)21(23)29-17-9-15-19-20(32-39-31-19)16-10-18(38-28(16)27(15)37-17)30-22-25(35)13-7-3-4-8-14(13)26(22)36/h1-10H. The third kappa shape index (κ3) is 3.08. The van der Waals surface area contributed by atoms with Gasteiger partial charge in [0.1, 0.15) is 21.0 Å². The van der Waals surface area contributed by atoms with Gasteiger partial charge in [-0.15, -0.1) is 22.7 Å². The lowest BCUT2D eigenvalue weighted by Crippen LogP contribution is -2.31. The Labute approximate surface area is 227 Å². The maximum absolute atomic E-state index is 12.9. The lowest BCUT2D eigenvalue weighted by atomic mass is 10.1. The first-order valence-electron chi connectivity index (χ1n) is 11.6. The van der Waals surface area contributed by atoms with E-state index in [9.17, 15) is 19.2 Å². The Kier molecular flexibility index (Phi) is 4.57. The molecule has 0 unspecified atom stereocenters. The van der Waals surface area contributed by atoms with Crippen molar-refractivity contribution in [1.29, 1.82) is 0 Å². The summed E-state index contributed by atoms with van der Waals surface area (Å²) in [4.78, 5) is 60.5. The van der Waals surface area contributed by atoms with Crippen LogP contribution in [0.5, 0.6) is 0 Å². The van der Waals surface area contributed by atoms with Gasteiger partial charge in [-0.05, 0) is 12.1 Å². The van der Waals surface area contributed by atoms with E-state index in [0.29, 0.717) is 42.6 Å². The molecule has 3 heterocycles. The molecule has 0 saturated heterocycles. The lowest BCUT2D eigenvalue weighted by Gasteiger charge is -1.93. The van der Waals surface area contributed by atoms with E-state index < -0.39 is 0 Å². The number of hydrogen-bond donors (Lipinski definition) is 0. The second-order valence-corrected chi connectivity index (χ2v) is 11.5. The fourth-order valence-corrected chi connectivity index (χ4v) is 7.80. The van der Waals surface area contributed by atoms with Crippen molar-refractivity contribution in [2.45, 2.75) is 0 Å². The number of benzene rings is 3. The van der Waals surface area contributed by atoms with Gasteiger partial charge in [0.05, 0.1) is 21.1 Å². The van der Waals surface area contributed by atoms with Crippen molar-refractivity contribution in [3.05, 3.63) is 112 Å². The molecular formula is C28H10N4O4S3. The van der Waals surface area contributed by atoms with Crippen LogP contribution in [0.4, 0.5) is 10.0 Å². The van der Waals surface area contributed by atoms with Gasteiger partial charge in [0.15, 0.2) is 10.7 Å². The van der Waals surface area contributed by atoms with Crippen LogP contribution in [0.3, 0.4) is 0 Å². The minimum atomic E-state index is -0.389. The molecule has 0 aliphatic carbocycles. The zero-order valence-corrected chi connectivity index (χ0v) is 21.9. The summed E-state index contributed by atoms with van der Waals surface area (Å²) in [6, 6.07) is 17.0. The molecule has 0 atom stereocenters. The Bertz CT molecular complexity index is 2380. The summed E-state index contributed by atoms with van der Waals surface area (Å²) in [5.41, 5.74) is -0.204. The number of nitrogens with zero attached hydrogens (tertiary/aromatic N) is 4. The second kappa shape index (κ2) is 7.96. The van der Waals surface area contributed by atoms with Gasteiger partial charge in [-0.1, -0.05) is 48.5 Å². The zero-order valence-electron chi connectivity index (χ0n) is 19.4. The molecule has 0 spiro atoms. The first-order chi connectivity index (χ1) is 19.0. The van der Waals surface area contributed by atoms with Gasteiger partial charge in [-0.2, -0.15) is 8.75 Å². The average Bonchev–Trinajstić information content (AvgIpc) is 3.76. The first-order valence-corrected chi connectivity index (χ1v) is 14.0. The van der Waals surface area contributed by atoms with Crippen LogP contribution in [0.15, 0.2) is 89.8 Å². The maximum Gasteiger partial charge on any atom is 0.216 e. The van der Waals surface area contributed by atoms with Gasteiger partial charge in [0, 0.05) is 32.3 Å². The largest absolute Gasteiger partial charge is 0.287 e. The Hall–Kier alpha value is -4.58. The summed E-state index contributed by atoms with van der Waals surface area (Å²) < 4.78 is 10.7. The van der Waals surface area contributed by atoms with E-state index >= 15 is 0 Å². The molecule has 0 N–H and O–H groups in total. The molecule has 0 saturated carbocycles. The van der Waals surface area contributed by atoms with E-state index in [-0.39, 0.29) is 32.4 Å². The minimum Gasteiger partial charge on any atom is -0.287 e. The normalized spacial score (nSPS) is 12.0. The van der Waals surface area contributed by atoms with Crippen LogP contribution in [0, 0.1) is 0 Å². The first kappa shape index (κ1) is 22.4. The summed E-state index contributed by atoms with van der Waals surface area (Å²) in [6.45, 7) is 0. The molecule has 0 amide bonds. The van der Waals surface area contributed by atoms with Gasteiger partial charge in [0.25, 0.3) is 0 Å². The van der Waals surface area contributed by atoms with Crippen molar-refractivity contribution in [2.24, 2.45) is 9.98 Å². The van der Waals surface area contributed by atoms with Crippen LogP contribution in [0.1, 0.15) is 0 Å². The van der Waals surface area contributed by atoms with E-state index in [2.05, 4.69) is 18.7 Å². The van der Waals surface area contributed by atoms with Crippen molar-refractivity contribution in [1.82, 2.24) is 8.75 Å². The quantitative estimate of drug-likeness (QED) is 0.313. The number of fused-ring (bicyclic) bond motifs is 8. The third-order valence-corrected chi connectivity index (χ3v) is 9.53. The summed E-state index contributed by atoms with van der Waals surface area (Å²) in [7, 11) is 0. The van der Waals surface area contributed by atoms with Gasteiger partial charge >= 0.3 is 0 Å². The molecule has 11 heteroatoms. The maximum atomic E-state index is 12.9. The summed E-state index contributed by atoms with van der Waals surface area (Å²) >= 11 is 3.74. The fourth-order valence-electron chi connectivity index (χ4n) is 5.00.